The molecule has 1 heterocycles. The van der Waals surface area contributed by atoms with Crippen molar-refractivity contribution in [2.45, 2.75) is 24.5 Å². The molecule has 0 radical (unpaired) electrons. The molecule has 1 atom stereocenters. The summed E-state index contributed by atoms with van der Waals surface area (Å²) in [5.41, 5.74) is 2.23. The van der Waals surface area contributed by atoms with Crippen molar-refractivity contribution in [2.24, 2.45) is 0 Å². The van der Waals surface area contributed by atoms with E-state index >= 15 is 0 Å². The van der Waals surface area contributed by atoms with E-state index in [4.69, 9.17) is 9.47 Å². The van der Waals surface area contributed by atoms with Crippen molar-refractivity contribution >= 4 is 15.7 Å². The van der Waals surface area contributed by atoms with Crippen LogP contribution in [0.2, 0.25) is 0 Å². The van der Waals surface area contributed by atoms with Crippen LogP contribution in [0.25, 0.3) is 0 Å². The van der Waals surface area contributed by atoms with Crippen LogP contribution in [-0.4, -0.2) is 25.9 Å². The number of nitrogens with zero attached hydrogens (tertiary/aromatic N) is 1. The highest BCUT2D eigenvalue weighted by molar-refractivity contribution is 7.89. The summed E-state index contributed by atoms with van der Waals surface area (Å²) in [6.45, 7) is 6.61. The molecule has 3 aromatic rings. The molecular weight excluding hydrogens is 424 g/mol. The maximum absolute atomic E-state index is 13.6. The highest BCUT2D eigenvalue weighted by Gasteiger charge is 2.39. The fraction of sp³-hybridized carbons (Fsp3) is 0.200. The van der Waals surface area contributed by atoms with Gasteiger partial charge in [-0.1, -0.05) is 61.2 Å². The fourth-order valence-corrected chi connectivity index (χ4v) is 5.39. The second-order valence-corrected chi connectivity index (χ2v) is 9.18. The van der Waals surface area contributed by atoms with Crippen LogP contribution in [0.1, 0.15) is 24.2 Å². The van der Waals surface area contributed by atoms with Crippen molar-refractivity contribution in [1.82, 2.24) is 4.31 Å². The van der Waals surface area contributed by atoms with Gasteiger partial charge in [0, 0.05) is 6.54 Å². The van der Waals surface area contributed by atoms with E-state index in [1.807, 2.05) is 55.5 Å². The molecule has 0 aromatic heterocycles. The predicted molar refractivity (Wildman–Crippen MR) is 125 cm³/mol. The lowest BCUT2D eigenvalue weighted by Crippen LogP contribution is -2.42. The number of hydrogen-bond acceptors (Lipinski definition) is 5. The van der Waals surface area contributed by atoms with E-state index in [2.05, 4.69) is 11.9 Å². The van der Waals surface area contributed by atoms with Crippen LogP contribution >= 0.6 is 0 Å². The van der Waals surface area contributed by atoms with Gasteiger partial charge in [0.15, 0.2) is 11.5 Å². The first-order valence-corrected chi connectivity index (χ1v) is 11.9. The lowest BCUT2D eigenvalue weighted by molar-refractivity contribution is 0.294. The lowest BCUT2D eigenvalue weighted by atomic mass is 10.1. The number of ether oxygens (including phenoxy) is 2. The van der Waals surface area contributed by atoms with Crippen LogP contribution in [0.5, 0.6) is 11.5 Å². The molecule has 7 heteroatoms. The number of fused-ring (bicyclic) bond motifs is 1. The van der Waals surface area contributed by atoms with E-state index in [-0.39, 0.29) is 11.4 Å². The van der Waals surface area contributed by atoms with Gasteiger partial charge in [-0.3, -0.25) is 0 Å². The SMILES string of the molecule is C=CCOc1ccc(C2Nc3ccccc3S(=O)(=O)N2Cc2ccccc2)cc1OCC. The number of sulfonamides is 1. The van der Waals surface area contributed by atoms with Crippen LogP contribution in [0, 0.1) is 0 Å². The topological polar surface area (TPSA) is 67.9 Å². The van der Waals surface area contributed by atoms with Crippen molar-refractivity contribution in [2.75, 3.05) is 18.5 Å². The molecule has 6 nitrogen and oxygen atoms in total. The fourth-order valence-electron chi connectivity index (χ4n) is 3.72. The van der Waals surface area contributed by atoms with E-state index in [0.717, 1.165) is 11.1 Å². The minimum absolute atomic E-state index is 0.230. The van der Waals surface area contributed by atoms with Gasteiger partial charge in [-0.25, -0.2) is 8.42 Å². The Kier molecular flexibility index (Phi) is 6.48. The zero-order valence-electron chi connectivity index (χ0n) is 17.9. The van der Waals surface area contributed by atoms with E-state index in [0.29, 0.717) is 30.4 Å². The van der Waals surface area contributed by atoms with E-state index < -0.39 is 16.2 Å². The summed E-state index contributed by atoms with van der Waals surface area (Å²) < 4.78 is 40.2. The third-order valence-electron chi connectivity index (χ3n) is 5.18. The summed E-state index contributed by atoms with van der Waals surface area (Å²) in [6, 6.07) is 22.0. The third kappa shape index (κ3) is 4.35. The quantitative estimate of drug-likeness (QED) is 0.491. The van der Waals surface area contributed by atoms with Crippen molar-refractivity contribution in [3.63, 3.8) is 0 Å². The van der Waals surface area contributed by atoms with Gasteiger partial charge in [-0.15, -0.1) is 0 Å². The highest BCUT2D eigenvalue weighted by Crippen LogP contribution is 2.41. The van der Waals surface area contributed by atoms with Crippen LogP contribution in [-0.2, 0) is 16.6 Å². The molecule has 1 aliphatic rings. The number of para-hydroxylation sites is 1. The molecule has 1 unspecified atom stereocenters. The monoisotopic (exact) mass is 450 g/mol. The normalized spacial score (nSPS) is 17.1. The van der Waals surface area contributed by atoms with Crippen LogP contribution < -0.4 is 14.8 Å². The minimum atomic E-state index is -3.74. The van der Waals surface area contributed by atoms with Gasteiger partial charge in [0.1, 0.15) is 17.7 Å². The smallest absolute Gasteiger partial charge is 0.247 e. The second-order valence-electron chi connectivity index (χ2n) is 7.32. The van der Waals surface area contributed by atoms with Gasteiger partial charge >= 0.3 is 0 Å². The number of hydrogen-bond donors (Lipinski definition) is 1. The Bertz CT molecular complexity index is 1200. The summed E-state index contributed by atoms with van der Waals surface area (Å²) in [5.74, 6) is 1.15. The highest BCUT2D eigenvalue weighted by atomic mass is 32.2. The van der Waals surface area contributed by atoms with Crippen molar-refractivity contribution in [3.8, 4) is 11.5 Å². The summed E-state index contributed by atoms with van der Waals surface area (Å²) in [5, 5.41) is 3.41. The van der Waals surface area contributed by atoms with Gasteiger partial charge in [0.2, 0.25) is 10.0 Å². The Morgan fingerprint density at radius 3 is 2.50 bits per heavy atom. The van der Waals surface area contributed by atoms with E-state index in [9.17, 15) is 8.42 Å². The maximum Gasteiger partial charge on any atom is 0.247 e. The third-order valence-corrected chi connectivity index (χ3v) is 7.04. The summed E-state index contributed by atoms with van der Waals surface area (Å²) >= 11 is 0. The maximum atomic E-state index is 13.6. The molecule has 0 bridgehead atoms. The Labute approximate surface area is 189 Å². The van der Waals surface area contributed by atoms with Gasteiger partial charge in [0.25, 0.3) is 0 Å². The molecule has 0 saturated heterocycles. The van der Waals surface area contributed by atoms with Crippen LogP contribution in [0.15, 0.2) is 90.3 Å². The Morgan fingerprint density at radius 2 is 1.75 bits per heavy atom. The van der Waals surface area contributed by atoms with Crippen molar-refractivity contribution < 1.29 is 17.9 Å². The molecule has 3 aromatic carbocycles. The molecule has 0 spiro atoms. The molecule has 1 N–H and O–H groups in total. The molecule has 166 valence electrons. The number of anilines is 1. The molecule has 0 saturated carbocycles. The molecule has 0 amide bonds. The number of rotatable bonds is 8. The lowest BCUT2D eigenvalue weighted by Gasteiger charge is -2.37. The molecule has 4 rings (SSSR count). The number of benzene rings is 3. The Hall–Kier alpha value is -3.29. The summed E-state index contributed by atoms with van der Waals surface area (Å²) in [6.07, 6.45) is 1.06. The summed E-state index contributed by atoms with van der Waals surface area (Å²) in [4.78, 5) is 0.267. The molecule has 0 aliphatic carbocycles. The first kappa shape index (κ1) is 21.9. The van der Waals surface area contributed by atoms with Gasteiger partial charge in [0.05, 0.1) is 12.3 Å². The molecule has 1 aliphatic heterocycles. The average molecular weight is 451 g/mol. The molecule has 0 fully saturated rings. The average Bonchev–Trinajstić information content (AvgIpc) is 2.81. The second kappa shape index (κ2) is 9.46. The van der Waals surface area contributed by atoms with Gasteiger partial charge < -0.3 is 14.8 Å². The van der Waals surface area contributed by atoms with Crippen LogP contribution in [0.3, 0.4) is 0 Å². The Balaban J connectivity index is 1.79. The molecule has 32 heavy (non-hydrogen) atoms. The van der Waals surface area contributed by atoms with Crippen molar-refractivity contribution in [3.05, 3.63) is 96.6 Å². The first-order chi connectivity index (χ1) is 15.5. The largest absolute Gasteiger partial charge is 0.490 e. The predicted octanol–water partition coefficient (Wildman–Crippen LogP) is 4.97. The van der Waals surface area contributed by atoms with Crippen LogP contribution in [0.4, 0.5) is 5.69 Å². The van der Waals surface area contributed by atoms with Crippen molar-refractivity contribution in [1.29, 1.82) is 0 Å². The first-order valence-electron chi connectivity index (χ1n) is 10.5. The minimum Gasteiger partial charge on any atom is -0.490 e. The van der Waals surface area contributed by atoms with Gasteiger partial charge in [-0.2, -0.15) is 4.31 Å². The molecular formula is C25H26N2O4S. The zero-order chi connectivity index (χ0) is 22.6. The number of nitrogens with one attached hydrogen (secondary N) is 1. The van der Waals surface area contributed by atoms with E-state index in [1.165, 1.54) is 4.31 Å². The summed E-state index contributed by atoms with van der Waals surface area (Å²) in [7, 11) is -3.74. The Morgan fingerprint density at radius 1 is 1.00 bits per heavy atom. The zero-order valence-corrected chi connectivity index (χ0v) is 18.7. The van der Waals surface area contributed by atoms with Gasteiger partial charge in [-0.05, 0) is 42.3 Å². The van der Waals surface area contributed by atoms with E-state index in [1.54, 1.807) is 30.3 Å². The standard InChI is InChI=1S/C25H26N2O4S/c1-3-16-31-22-15-14-20(17-23(22)30-4-2)25-26-21-12-8-9-13-24(21)32(28,29)27(25)18-19-10-6-5-7-11-19/h3,5-15,17,25-26H,1,4,16,18H2,2H3.